The van der Waals surface area contributed by atoms with Gasteiger partial charge in [0.05, 0.1) is 0 Å². The molecule has 9 aromatic carbocycles. The molecule has 0 heterocycles. The fourth-order valence-corrected chi connectivity index (χ4v) is 12.0. The number of allylic oxidation sites excluding steroid dienone is 2. The second-order valence-electron chi connectivity index (χ2n) is 16.2. The third-order valence-electron chi connectivity index (χ3n) is 13.1. The lowest BCUT2D eigenvalue weighted by Gasteiger charge is -2.31. The Labute approximate surface area is 370 Å². The van der Waals surface area contributed by atoms with E-state index in [1.807, 2.05) is 18.9 Å². The average molecular weight is 868 g/mol. The molecule has 0 bridgehead atoms. The van der Waals surface area contributed by atoms with Gasteiger partial charge in [0.15, 0.2) is 0 Å². The van der Waals surface area contributed by atoms with Gasteiger partial charge in [-0.15, -0.1) is 0 Å². The van der Waals surface area contributed by atoms with Crippen molar-refractivity contribution in [1.29, 1.82) is 0 Å². The van der Waals surface area contributed by atoms with Gasteiger partial charge in [0.25, 0.3) is 0 Å². The Morgan fingerprint density at radius 1 is 0.443 bits per heavy atom. The lowest BCUT2D eigenvalue weighted by atomic mass is 9.84. The van der Waals surface area contributed by atoms with Crippen LogP contribution in [-0.2, 0) is 29.6 Å². The van der Waals surface area contributed by atoms with Crippen LogP contribution in [0.25, 0.3) is 43.5 Å². The molecule has 0 amide bonds. The molecule has 3 heteroatoms. The molecule has 3 aliphatic carbocycles. The maximum Gasteiger partial charge on any atom is 0.119 e. The monoisotopic (exact) mass is 866 g/mol. The third kappa shape index (κ3) is 6.50. The van der Waals surface area contributed by atoms with Crippen molar-refractivity contribution in [3.05, 3.63) is 249 Å². The number of halogens is 1. The highest BCUT2D eigenvalue weighted by molar-refractivity contribution is 9.10. The first kappa shape index (κ1) is 38.0. The number of rotatable bonds is 6. The molecule has 3 aliphatic rings. The van der Waals surface area contributed by atoms with Crippen LogP contribution in [0.3, 0.4) is 0 Å². The van der Waals surface area contributed by atoms with Gasteiger partial charge in [0.2, 0.25) is 0 Å². The van der Waals surface area contributed by atoms with E-state index >= 15 is 0 Å². The van der Waals surface area contributed by atoms with Crippen molar-refractivity contribution >= 4 is 71.2 Å². The molecule has 0 fully saturated rings. The van der Waals surface area contributed by atoms with Crippen molar-refractivity contribution in [2.45, 2.75) is 41.1 Å². The van der Waals surface area contributed by atoms with Gasteiger partial charge in [-0.3, -0.25) is 0 Å². The molecular weight excluding hydrogens is 825 g/mol. The summed E-state index contributed by atoms with van der Waals surface area (Å²) in [6, 6.07) is 65.9. The van der Waals surface area contributed by atoms with Crippen molar-refractivity contribution in [3.8, 4) is 0 Å². The predicted molar refractivity (Wildman–Crippen MR) is 261 cm³/mol. The summed E-state index contributed by atoms with van der Waals surface area (Å²) in [6.45, 7) is 0. The molecule has 9 aromatic rings. The largest absolute Gasteiger partial charge is 0.369 e. The minimum atomic E-state index is -0.347. The summed E-state index contributed by atoms with van der Waals surface area (Å²) in [7, 11) is 1.83. The number of hydrogen-bond acceptors (Lipinski definition) is 2. The number of ether oxygens (including phenoxy) is 1. The molecule has 0 saturated carbocycles. The van der Waals surface area contributed by atoms with Gasteiger partial charge in [-0.1, -0.05) is 204 Å². The van der Waals surface area contributed by atoms with E-state index in [-0.39, 0.29) is 5.60 Å². The number of benzene rings is 9. The van der Waals surface area contributed by atoms with Gasteiger partial charge in [-0.2, -0.15) is 0 Å². The number of fused-ring (bicyclic) bond motifs is 6. The van der Waals surface area contributed by atoms with Crippen LogP contribution in [0.1, 0.15) is 56.5 Å². The van der Waals surface area contributed by atoms with Crippen LogP contribution in [0.15, 0.2) is 208 Å². The summed E-state index contributed by atoms with van der Waals surface area (Å²) in [5.74, 6) is 0. The van der Waals surface area contributed by atoms with Crippen molar-refractivity contribution in [3.63, 3.8) is 0 Å². The first-order valence-electron chi connectivity index (χ1n) is 21.2. The molecule has 0 aromatic heterocycles. The summed E-state index contributed by atoms with van der Waals surface area (Å²) < 4.78 is 7.34. The van der Waals surface area contributed by atoms with Crippen LogP contribution >= 0.6 is 27.7 Å². The van der Waals surface area contributed by atoms with E-state index in [1.54, 1.807) is 0 Å². The van der Waals surface area contributed by atoms with Crippen LogP contribution < -0.4 is 0 Å². The number of methoxy groups -OCH3 is 1. The zero-order valence-corrected chi connectivity index (χ0v) is 36.4. The van der Waals surface area contributed by atoms with Crippen LogP contribution in [0, 0.1) is 0 Å². The first-order valence-corrected chi connectivity index (χ1v) is 22.8. The van der Waals surface area contributed by atoms with Crippen LogP contribution in [0.2, 0.25) is 0 Å². The summed E-state index contributed by atoms with van der Waals surface area (Å²) in [4.78, 5) is 2.73. The van der Waals surface area contributed by atoms with Gasteiger partial charge in [-0.25, -0.2) is 0 Å². The zero-order chi connectivity index (χ0) is 40.9. The normalized spacial score (nSPS) is 16.2. The smallest absolute Gasteiger partial charge is 0.119 e. The molecule has 0 spiro atoms. The van der Waals surface area contributed by atoms with E-state index in [4.69, 9.17) is 4.74 Å². The molecule has 1 atom stereocenters. The molecule has 61 heavy (non-hydrogen) atoms. The molecule has 294 valence electrons. The van der Waals surface area contributed by atoms with Gasteiger partial charge >= 0.3 is 0 Å². The molecule has 0 radical (unpaired) electrons. The second-order valence-corrected chi connectivity index (χ2v) is 18.1. The Balaban J connectivity index is 0.000000162. The molecular formula is C58H43BrOS. The van der Waals surface area contributed by atoms with E-state index in [9.17, 15) is 0 Å². The quantitative estimate of drug-likeness (QED) is 0.165. The van der Waals surface area contributed by atoms with Crippen LogP contribution in [0.5, 0.6) is 0 Å². The standard InChI is InChI=1S/C38H26S.C20H17BrO/c1-3-13-27-25(9-1)11-5-15-29(27)33-21-23-35-31(33)17-7-19-37(35)39-38-20-8-18-32-34(22-24-36(32)38)30-16-6-12-26-10-2-4-14-28(26)30;1-22-20(13-12-16-18(20)10-5-11-19(16)21)17-9-4-7-14-6-2-3-8-15(14)17/h1-22H,23-24H2;2-11H,12-13H2,1H3. The van der Waals surface area contributed by atoms with Crippen LogP contribution in [0.4, 0.5) is 0 Å². The molecule has 0 N–H and O–H groups in total. The zero-order valence-electron chi connectivity index (χ0n) is 34.0. The maximum absolute atomic E-state index is 6.15. The highest BCUT2D eigenvalue weighted by Gasteiger charge is 2.42. The topological polar surface area (TPSA) is 9.23 Å². The summed E-state index contributed by atoms with van der Waals surface area (Å²) in [6.07, 6.45) is 8.82. The number of hydrogen-bond donors (Lipinski definition) is 0. The minimum absolute atomic E-state index is 0.347. The van der Waals surface area contributed by atoms with Crippen LogP contribution in [-0.4, -0.2) is 7.11 Å². The van der Waals surface area contributed by atoms with Crippen molar-refractivity contribution in [1.82, 2.24) is 0 Å². The Bertz CT molecular complexity index is 3090. The van der Waals surface area contributed by atoms with E-state index in [0.29, 0.717) is 0 Å². The Kier molecular flexibility index (Phi) is 9.85. The third-order valence-corrected chi connectivity index (χ3v) is 15.0. The Morgan fingerprint density at radius 3 is 1.46 bits per heavy atom. The predicted octanol–water partition coefficient (Wildman–Crippen LogP) is 15.6. The first-order chi connectivity index (χ1) is 30.1. The van der Waals surface area contributed by atoms with Crippen molar-refractivity contribution in [2.24, 2.45) is 0 Å². The molecule has 0 saturated heterocycles. The molecule has 1 unspecified atom stereocenters. The highest BCUT2D eigenvalue weighted by atomic mass is 79.9. The van der Waals surface area contributed by atoms with Gasteiger partial charge in [0.1, 0.15) is 5.60 Å². The molecule has 1 nitrogen and oxygen atoms in total. The lowest BCUT2D eigenvalue weighted by Crippen LogP contribution is -2.27. The fraction of sp³-hybridized carbons (Fsp3) is 0.103. The summed E-state index contributed by atoms with van der Waals surface area (Å²) in [5.41, 5.74) is 14.6. The second kappa shape index (κ2) is 15.8. The van der Waals surface area contributed by atoms with Gasteiger partial charge < -0.3 is 4.74 Å². The summed E-state index contributed by atoms with van der Waals surface area (Å²) >= 11 is 5.63. The molecule has 0 aliphatic heterocycles. The van der Waals surface area contributed by atoms with Gasteiger partial charge in [-0.05, 0) is 137 Å². The Morgan fingerprint density at radius 2 is 0.885 bits per heavy atom. The van der Waals surface area contributed by atoms with Crippen molar-refractivity contribution in [2.75, 3.05) is 7.11 Å². The maximum atomic E-state index is 6.15. The minimum Gasteiger partial charge on any atom is -0.369 e. The van der Waals surface area contributed by atoms with Crippen molar-refractivity contribution < 1.29 is 4.74 Å². The van der Waals surface area contributed by atoms with Gasteiger partial charge in [0, 0.05) is 21.4 Å². The summed E-state index contributed by atoms with van der Waals surface area (Å²) in [5, 5.41) is 7.78. The SMILES string of the molecule is C1=C(c2cccc3ccccc23)c2cccc(Sc3cccc4c3CC=C4c3cccc4ccccc34)c2C1.COC1(c2cccc3ccccc23)CCc2c(Br)cccc21. The highest BCUT2D eigenvalue weighted by Crippen LogP contribution is 2.49. The molecule has 12 rings (SSSR count). The lowest BCUT2D eigenvalue weighted by molar-refractivity contribution is 0.0250. The Hall–Kier alpha value is -5.97. The average Bonchev–Trinajstić information content (AvgIpc) is 4.06. The van der Waals surface area contributed by atoms with E-state index in [0.717, 1.165) is 25.7 Å². The van der Waals surface area contributed by atoms with E-state index in [1.165, 1.54) is 108 Å². The fourth-order valence-electron chi connectivity index (χ4n) is 10.2. The van der Waals surface area contributed by atoms with E-state index in [2.05, 4.69) is 210 Å². The van der Waals surface area contributed by atoms with E-state index < -0.39 is 0 Å².